The molecule has 0 saturated carbocycles. The molecule has 1 heterocycles. The molecule has 3 N–H and O–H groups in total. The van der Waals surface area contributed by atoms with Crippen LogP contribution in [0.15, 0.2) is 170 Å². The fraction of sp³-hybridized carbons (Fsp3) is 0.0612. The summed E-state index contributed by atoms with van der Waals surface area (Å²) >= 11 is 3.58. The van der Waals surface area contributed by atoms with Crippen molar-refractivity contribution in [1.82, 2.24) is 0 Å². The van der Waals surface area contributed by atoms with Gasteiger partial charge in [-0.05, 0) is 127 Å². The number of fused-ring (bicyclic) bond motifs is 4. The largest absolute Gasteiger partial charge is 0.396 e. The Morgan fingerprint density at radius 3 is 1.83 bits per heavy atom. The molecule has 8 aromatic carbocycles. The molecule has 1 atom stereocenters. The van der Waals surface area contributed by atoms with Crippen LogP contribution in [-0.4, -0.2) is 0 Å². The molecule has 0 radical (unpaired) electrons. The smallest absolute Gasteiger partial charge is 0.177 e. The molecular formula is C49H38N2OS2. The first-order valence-corrected chi connectivity index (χ1v) is 19.9. The highest BCUT2D eigenvalue weighted by Crippen LogP contribution is 2.48. The third-order valence-electron chi connectivity index (χ3n) is 10.2. The van der Waals surface area contributed by atoms with Gasteiger partial charge in [-0.15, -0.1) is 23.1 Å². The van der Waals surface area contributed by atoms with Crippen molar-refractivity contribution in [2.45, 2.75) is 19.1 Å². The van der Waals surface area contributed by atoms with E-state index >= 15 is 0 Å². The van der Waals surface area contributed by atoms with E-state index in [2.05, 4.69) is 165 Å². The topological polar surface area (TPSA) is 47.3 Å². The molecule has 1 aromatic heterocycles. The van der Waals surface area contributed by atoms with Crippen LogP contribution in [0.1, 0.15) is 29.5 Å². The fourth-order valence-electron chi connectivity index (χ4n) is 7.50. The van der Waals surface area contributed by atoms with Crippen molar-refractivity contribution < 1.29 is 4.84 Å². The van der Waals surface area contributed by atoms with Gasteiger partial charge >= 0.3 is 0 Å². The van der Waals surface area contributed by atoms with E-state index in [0.717, 1.165) is 5.00 Å². The van der Waals surface area contributed by atoms with E-state index < -0.39 is 0 Å². The zero-order chi connectivity index (χ0) is 36.6. The highest BCUT2D eigenvalue weighted by Gasteiger charge is 2.20. The van der Waals surface area contributed by atoms with E-state index in [1.807, 2.05) is 36.0 Å². The molecule has 0 spiro atoms. The molecule has 0 amide bonds. The summed E-state index contributed by atoms with van der Waals surface area (Å²) in [5.74, 6) is 0.613. The third kappa shape index (κ3) is 6.36. The van der Waals surface area contributed by atoms with E-state index in [0.29, 0.717) is 11.4 Å². The van der Waals surface area contributed by atoms with Crippen LogP contribution in [0.5, 0.6) is 5.75 Å². The molecular weight excluding hydrogens is 697 g/mol. The van der Waals surface area contributed by atoms with Gasteiger partial charge in [0.15, 0.2) is 5.75 Å². The summed E-state index contributed by atoms with van der Waals surface area (Å²) in [5.41, 5.74) is 15.9. The summed E-state index contributed by atoms with van der Waals surface area (Å²) in [6.45, 7) is 4.41. The van der Waals surface area contributed by atoms with E-state index in [9.17, 15) is 0 Å². The molecule has 0 aliphatic heterocycles. The van der Waals surface area contributed by atoms with Crippen molar-refractivity contribution in [2.24, 2.45) is 0 Å². The summed E-state index contributed by atoms with van der Waals surface area (Å²) in [4.78, 5) is 8.31. The van der Waals surface area contributed by atoms with Gasteiger partial charge in [-0.1, -0.05) is 127 Å². The number of thioether (sulfide) groups is 1. The van der Waals surface area contributed by atoms with Crippen LogP contribution in [-0.2, 0) is 0 Å². The minimum Gasteiger partial charge on any atom is -0.396 e. The van der Waals surface area contributed by atoms with Crippen LogP contribution >= 0.6 is 23.1 Å². The minimum absolute atomic E-state index is 0.221. The van der Waals surface area contributed by atoms with Gasteiger partial charge in [0.25, 0.3) is 0 Å². The number of hydrogen-bond acceptors (Lipinski definition) is 5. The number of nitrogens with one attached hydrogen (secondary N) is 1. The lowest BCUT2D eigenvalue weighted by Gasteiger charge is -2.20. The molecule has 5 heteroatoms. The Hall–Kier alpha value is -6.01. The van der Waals surface area contributed by atoms with E-state index in [-0.39, 0.29) is 5.25 Å². The second-order valence-corrected chi connectivity index (χ2v) is 16.0. The zero-order valence-corrected chi connectivity index (χ0v) is 31.7. The quantitative estimate of drug-likeness (QED) is 0.0881. The van der Waals surface area contributed by atoms with Crippen LogP contribution in [0, 0.1) is 0 Å². The van der Waals surface area contributed by atoms with Crippen LogP contribution in [0.2, 0.25) is 0 Å². The minimum atomic E-state index is 0.221. The van der Waals surface area contributed by atoms with Crippen molar-refractivity contribution in [2.75, 3.05) is 11.2 Å². The Morgan fingerprint density at radius 2 is 1.19 bits per heavy atom. The van der Waals surface area contributed by atoms with Gasteiger partial charge in [0.2, 0.25) is 0 Å². The molecule has 0 fully saturated rings. The summed E-state index contributed by atoms with van der Waals surface area (Å²) in [7, 11) is 0. The van der Waals surface area contributed by atoms with Crippen LogP contribution in [0.25, 0.3) is 70.2 Å². The average Bonchev–Trinajstić information content (AvgIpc) is 3.70. The Balaban J connectivity index is 1.15. The lowest BCUT2D eigenvalue weighted by molar-refractivity contribution is 0.409. The standard InChI is InChI=1S/C49H38N2OS2/c1-3-45(53-31(2)46-26-27-47(54-46)51-52-44-19-11-10-18-43(44)50)36-24-25-41-42(30-36)49(38-23-21-33-13-5-7-15-35(33)29-38)40-17-9-8-16-39(40)48(41)37-22-20-32-12-4-6-14-34(32)28-37/h3-31,51H,50H2,1-2H3/b45-3-. The Labute approximate surface area is 323 Å². The number of rotatable bonds is 9. The fourth-order valence-corrected chi connectivity index (χ4v) is 9.54. The van der Waals surface area contributed by atoms with Crippen molar-refractivity contribution >= 4 is 81.8 Å². The summed E-state index contributed by atoms with van der Waals surface area (Å²) in [5, 5.41) is 11.1. The Kier molecular flexibility index (Phi) is 9.03. The number of thiophene rings is 1. The number of allylic oxidation sites excluding steroid dienone is 1. The van der Waals surface area contributed by atoms with Crippen molar-refractivity contribution in [1.29, 1.82) is 0 Å². The number of benzene rings is 8. The molecule has 9 rings (SSSR count). The molecule has 9 aromatic rings. The maximum Gasteiger partial charge on any atom is 0.177 e. The SMILES string of the molecule is C/C=C(\SC(C)c1ccc(NOc2ccccc2N)s1)c1ccc2c(-c3ccc4ccccc4c3)c3ccccc3c(-c3ccc4ccccc4c3)c2c1. The van der Waals surface area contributed by atoms with Crippen LogP contribution in [0.4, 0.5) is 10.7 Å². The summed E-state index contributed by atoms with van der Waals surface area (Å²) in [6.07, 6.45) is 2.25. The average molecular weight is 735 g/mol. The Morgan fingerprint density at radius 1 is 0.611 bits per heavy atom. The zero-order valence-electron chi connectivity index (χ0n) is 30.0. The summed E-state index contributed by atoms with van der Waals surface area (Å²) in [6, 6.07) is 58.8. The molecule has 0 saturated heterocycles. The van der Waals surface area contributed by atoms with Gasteiger partial charge in [0.1, 0.15) is 5.00 Å². The van der Waals surface area contributed by atoms with Crippen molar-refractivity contribution in [3.8, 4) is 28.0 Å². The molecule has 54 heavy (non-hydrogen) atoms. The number of nitrogen functional groups attached to an aromatic ring is 1. The maximum absolute atomic E-state index is 6.08. The number of nitrogens with two attached hydrogens (primary N) is 1. The summed E-state index contributed by atoms with van der Waals surface area (Å²) < 4.78 is 0. The predicted octanol–water partition coefficient (Wildman–Crippen LogP) is 14.5. The van der Waals surface area contributed by atoms with Gasteiger partial charge in [-0.25, -0.2) is 5.48 Å². The first-order chi connectivity index (χ1) is 26.5. The maximum atomic E-state index is 6.08. The van der Waals surface area contributed by atoms with Crippen molar-refractivity contribution in [3.63, 3.8) is 0 Å². The Bertz CT molecular complexity index is 2870. The lowest BCUT2D eigenvalue weighted by atomic mass is 9.84. The molecule has 0 aliphatic rings. The molecule has 262 valence electrons. The third-order valence-corrected chi connectivity index (χ3v) is 12.8. The first kappa shape index (κ1) is 33.8. The van der Waals surface area contributed by atoms with Gasteiger partial charge in [0.05, 0.1) is 5.69 Å². The monoisotopic (exact) mass is 734 g/mol. The lowest BCUT2D eigenvalue weighted by Crippen LogP contribution is -2.04. The second kappa shape index (κ2) is 14.4. The molecule has 1 unspecified atom stereocenters. The van der Waals surface area contributed by atoms with Crippen LogP contribution < -0.4 is 16.1 Å². The first-order valence-electron chi connectivity index (χ1n) is 18.2. The predicted molar refractivity (Wildman–Crippen MR) is 236 cm³/mol. The van der Waals surface area contributed by atoms with E-state index in [1.165, 1.54) is 80.7 Å². The number of hydrogen-bond donors (Lipinski definition) is 2. The van der Waals surface area contributed by atoms with E-state index in [1.54, 1.807) is 11.3 Å². The number of para-hydroxylation sites is 2. The number of anilines is 2. The normalized spacial score (nSPS) is 12.4. The van der Waals surface area contributed by atoms with Gasteiger partial charge in [-0.3, -0.25) is 0 Å². The second-order valence-electron chi connectivity index (χ2n) is 13.5. The van der Waals surface area contributed by atoms with E-state index in [4.69, 9.17) is 10.6 Å². The van der Waals surface area contributed by atoms with Crippen LogP contribution in [0.3, 0.4) is 0 Å². The van der Waals surface area contributed by atoms with Gasteiger partial charge in [-0.2, -0.15) is 0 Å². The molecule has 3 nitrogen and oxygen atoms in total. The van der Waals surface area contributed by atoms with Gasteiger partial charge in [0, 0.05) is 15.0 Å². The van der Waals surface area contributed by atoms with Crippen molar-refractivity contribution in [3.05, 3.63) is 180 Å². The highest BCUT2D eigenvalue weighted by atomic mass is 32.2. The van der Waals surface area contributed by atoms with Gasteiger partial charge < -0.3 is 10.6 Å². The molecule has 0 aliphatic carbocycles. The highest BCUT2D eigenvalue weighted by molar-refractivity contribution is 8.08. The molecule has 0 bridgehead atoms.